The summed E-state index contributed by atoms with van der Waals surface area (Å²) in [5, 5.41) is 3.15. The van der Waals surface area contributed by atoms with Crippen molar-refractivity contribution in [2.75, 3.05) is 16.6 Å². The highest BCUT2D eigenvalue weighted by atomic mass is 32.2. The normalized spacial score (nSPS) is 13.7. The van der Waals surface area contributed by atoms with Gasteiger partial charge in [-0.3, -0.25) is 0 Å². The minimum absolute atomic E-state index is 0.0657. The Bertz CT molecular complexity index is 701. The summed E-state index contributed by atoms with van der Waals surface area (Å²) in [6.45, 7) is 0.841. The fourth-order valence-electron chi connectivity index (χ4n) is 1.97. The number of anilines is 2. The standard InChI is InChI=1S/C12H12N4O2S/c17-19(18,16-12-14-5-1-6-15-12)10-3-2-9-4-7-13-11(9)8-10/h1-3,5-6,8,13H,4,7H2,(H,14,15,16). The van der Waals surface area contributed by atoms with E-state index in [1.807, 2.05) is 6.07 Å². The van der Waals surface area contributed by atoms with Crippen LogP contribution in [-0.2, 0) is 16.4 Å². The third-order valence-electron chi connectivity index (χ3n) is 2.89. The Balaban J connectivity index is 1.92. The number of hydrogen-bond donors (Lipinski definition) is 2. The van der Waals surface area contributed by atoms with Crippen LogP contribution in [0.25, 0.3) is 0 Å². The predicted octanol–water partition coefficient (Wildman–Crippen LogP) is 1.25. The lowest BCUT2D eigenvalue weighted by molar-refractivity contribution is 0.601. The van der Waals surface area contributed by atoms with E-state index in [9.17, 15) is 8.42 Å². The van der Waals surface area contributed by atoms with Gasteiger partial charge in [-0.05, 0) is 30.2 Å². The number of fused-ring (bicyclic) bond motifs is 1. The highest BCUT2D eigenvalue weighted by molar-refractivity contribution is 7.92. The summed E-state index contributed by atoms with van der Waals surface area (Å²) in [4.78, 5) is 7.89. The molecule has 0 spiro atoms. The van der Waals surface area contributed by atoms with Gasteiger partial charge in [0.1, 0.15) is 0 Å². The average Bonchev–Trinajstić information content (AvgIpc) is 2.86. The minimum Gasteiger partial charge on any atom is -0.384 e. The molecule has 1 aliphatic heterocycles. The van der Waals surface area contributed by atoms with E-state index in [0.717, 1.165) is 24.2 Å². The van der Waals surface area contributed by atoms with Crippen LogP contribution in [0.3, 0.4) is 0 Å². The molecule has 2 N–H and O–H groups in total. The molecule has 0 fully saturated rings. The highest BCUT2D eigenvalue weighted by Gasteiger charge is 2.19. The first-order valence-corrected chi connectivity index (χ1v) is 7.30. The molecule has 0 radical (unpaired) electrons. The van der Waals surface area contributed by atoms with Gasteiger partial charge in [0.25, 0.3) is 10.0 Å². The Hall–Kier alpha value is -2.15. The molecule has 7 heteroatoms. The molecule has 0 bridgehead atoms. The summed E-state index contributed by atoms with van der Waals surface area (Å²) in [5.41, 5.74) is 2.01. The molecule has 19 heavy (non-hydrogen) atoms. The molecule has 1 aromatic carbocycles. The summed E-state index contributed by atoms with van der Waals surface area (Å²) >= 11 is 0. The quantitative estimate of drug-likeness (QED) is 0.881. The van der Waals surface area contributed by atoms with Crippen LogP contribution in [0, 0.1) is 0 Å². The van der Waals surface area contributed by atoms with E-state index in [0.29, 0.717) is 0 Å². The number of sulfonamides is 1. The Morgan fingerprint density at radius 3 is 2.79 bits per heavy atom. The first-order valence-electron chi connectivity index (χ1n) is 5.82. The molecule has 2 aromatic rings. The number of nitrogens with zero attached hydrogens (tertiary/aromatic N) is 2. The van der Waals surface area contributed by atoms with Gasteiger partial charge < -0.3 is 5.32 Å². The second kappa shape index (κ2) is 4.51. The highest BCUT2D eigenvalue weighted by Crippen LogP contribution is 2.25. The maximum Gasteiger partial charge on any atom is 0.264 e. The molecule has 0 unspecified atom stereocenters. The molecular weight excluding hydrogens is 264 g/mol. The Kier molecular flexibility index (Phi) is 2.83. The third kappa shape index (κ3) is 2.37. The zero-order valence-corrected chi connectivity index (χ0v) is 10.8. The predicted molar refractivity (Wildman–Crippen MR) is 71.5 cm³/mol. The summed E-state index contributed by atoms with van der Waals surface area (Å²) in [7, 11) is -3.65. The number of nitrogens with one attached hydrogen (secondary N) is 2. The Morgan fingerprint density at radius 2 is 2.00 bits per heavy atom. The molecule has 98 valence electrons. The van der Waals surface area contributed by atoms with Crippen molar-refractivity contribution in [3.63, 3.8) is 0 Å². The summed E-state index contributed by atoms with van der Waals surface area (Å²) in [5.74, 6) is 0.0657. The number of rotatable bonds is 3. The maximum absolute atomic E-state index is 12.2. The molecule has 1 aliphatic rings. The fourth-order valence-corrected chi connectivity index (χ4v) is 2.95. The van der Waals surface area contributed by atoms with E-state index >= 15 is 0 Å². The maximum atomic E-state index is 12.2. The van der Waals surface area contributed by atoms with Crippen LogP contribution in [0.1, 0.15) is 5.56 Å². The second-order valence-corrected chi connectivity index (χ2v) is 5.86. The van der Waals surface area contributed by atoms with Gasteiger partial charge in [0.2, 0.25) is 5.95 Å². The van der Waals surface area contributed by atoms with Crippen molar-refractivity contribution in [2.45, 2.75) is 11.3 Å². The van der Waals surface area contributed by atoms with Gasteiger partial charge in [0.15, 0.2) is 0 Å². The molecule has 0 aliphatic carbocycles. The van der Waals surface area contributed by atoms with Crippen LogP contribution in [0.5, 0.6) is 0 Å². The summed E-state index contributed by atoms with van der Waals surface area (Å²) < 4.78 is 26.7. The van der Waals surface area contributed by atoms with E-state index in [-0.39, 0.29) is 10.8 Å². The molecule has 0 atom stereocenters. The monoisotopic (exact) mass is 276 g/mol. The van der Waals surface area contributed by atoms with Crippen molar-refractivity contribution in [2.24, 2.45) is 0 Å². The van der Waals surface area contributed by atoms with Gasteiger partial charge in [-0.15, -0.1) is 0 Å². The fraction of sp³-hybridized carbons (Fsp3) is 0.167. The van der Waals surface area contributed by atoms with E-state index < -0.39 is 10.0 Å². The van der Waals surface area contributed by atoms with Gasteiger partial charge >= 0.3 is 0 Å². The first-order chi connectivity index (χ1) is 9.15. The molecule has 0 saturated heterocycles. The minimum atomic E-state index is -3.65. The molecule has 2 heterocycles. The topological polar surface area (TPSA) is 84.0 Å². The summed E-state index contributed by atoms with van der Waals surface area (Å²) in [6, 6.07) is 6.68. The zero-order chi connectivity index (χ0) is 13.3. The lowest BCUT2D eigenvalue weighted by Crippen LogP contribution is -2.15. The Morgan fingerprint density at radius 1 is 1.21 bits per heavy atom. The number of benzene rings is 1. The van der Waals surface area contributed by atoms with E-state index in [1.165, 1.54) is 12.4 Å². The van der Waals surface area contributed by atoms with Crippen molar-refractivity contribution in [1.29, 1.82) is 0 Å². The van der Waals surface area contributed by atoms with Crippen molar-refractivity contribution in [3.8, 4) is 0 Å². The van der Waals surface area contributed by atoms with Gasteiger partial charge in [-0.1, -0.05) is 6.07 Å². The average molecular weight is 276 g/mol. The Labute approximate surface area is 111 Å². The van der Waals surface area contributed by atoms with E-state index in [2.05, 4.69) is 20.0 Å². The van der Waals surface area contributed by atoms with Crippen molar-refractivity contribution < 1.29 is 8.42 Å². The molecule has 0 amide bonds. The van der Waals surface area contributed by atoms with Crippen LogP contribution in [-0.4, -0.2) is 24.9 Å². The van der Waals surface area contributed by atoms with Crippen LogP contribution in [0.2, 0.25) is 0 Å². The van der Waals surface area contributed by atoms with Crippen LogP contribution >= 0.6 is 0 Å². The third-order valence-corrected chi connectivity index (χ3v) is 4.22. The molecule has 6 nitrogen and oxygen atoms in total. The molecule has 3 rings (SSSR count). The van der Waals surface area contributed by atoms with Crippen molar-refractivity contribution in [1.82, 2.24) is 9.97 Å². The summed E-state index contributed by atoms with van der Waals surface area (Å²) in [6.07, 6.45) is 3.88. The van der Waals surface area contributed by atoms with Gasteiger partial charge in [-0.2, -0.15) is 0 Å². The molecule has 1 aromatic heterocycles. The van der Waals surface area contributed by atoms with E-state index in [1.54, 1.807) is 18.2 Å². The molecule has 0 saturated carbocycles. The largest absolute Gasteiger partial charge is 0.384 e. The van der Waals surface area contributed by atoms with Crippen LogP contribution in [0.15, 0.2) is 41.6 Å². The van der Waals surface area contributed by atoms with Crippen LogP contribution < -0.4 is 10.0 Å². The van der Waals surface area contributed by atoms with Crippen molar-refractivity contribution >= 4 is 21.7 Å². The smallest absolute Gasteiger partial charge is 0.264 e. The van der Waals surface area contributed by atoms with Crippen LogP contribution in [0.4, 0.5) is 11.6 Å². The zero-order valence-electron chi connectivity index (χ0n) is 10.00. The molecular formula is C12H12N4O2S. The van der Waals surface area contributed by atoms with E-state index in [4.69, 9.17) is 0 Å². The lowest BCUT2D eigenvalue weighted by Gasteiger charge is -2.08. The first kappa shape index (κ1) is 11.9. The van der Waals surface area contributed by atoms with Gasteiger partial charge in [0.05, 0.1) is 4.90 Å². The van der Waals surface area contributed by atoms with Gasteiger partial charge in [0, 0.05) is 24.6 Å². The van der Waals surface area contributed by atoms with Gasteiger partial charge in [-0.25, -0.2) is 23.1 Å². The van der Waals surface area contributed by atoms with Crippen molar-refractivity contribution in [3.05, 3.63) is 42.2 Å². The second-order valence-electron chi connectivity index (χ2n) is 4.17. The number of hydrogen-bond acceptors (Lipinski definition) is 5. The number of aromatic nitrogens is 2. The SMILES string of the molecule is O=S(=O)(Nc1ncccn1)c1ccc2c(c1)NCC2. The lowest BCUT2D eigenvalue weighted by atomic mass is 10.2.